The zero-order valence-electron chi connectivity index (χ0n) is 19.7. The first-order chi connectivity index (χ1) is 14.6. The van der Waals surface area contributed by atoms with Crippen LogP contribution >= 0.6 is 0 Å². The second-order valence-electron chi connectivity index (χ2n) is 9.78. The second kappa shape index (κ2) is 8.86. The number of Topliss-reactive ketones (excluding diaryl/α,β-unsaturated/α-hetero) is 1. The van der Waals surface area contributed by atoms with Gasteiger partial charge in [0.15, 0.2) is 12.4 Å². The van der Waals surface area contributed by atoms with Crippen LogP contribution in [0.25, 0.3) is 0 Å². The summed E-state index contributed by atoms with van der Waals surface area (Å²) >= 11 is 0. The number of amides is 1. The number of carbonyl (C=O) groups excluding carboxylic acids is 2. The number of anilines is 1. The van der Waals surface area contributed by atoms with Crippen molar-refractivity contribution in [2.45, 2.75) is 78.1 Å². The minimum atomic E-state index is -0.217. The lowest BCUT2D eigenvalue weighted by Crippen LogP contribution is -2.24. The third-order valence-corrected chi connectivity index (χ3v) is 6.97. The molecule has 1 aliphatic rings. The van der Waals surface area contributed by atoms with Crippen LogP contribution in [0, 0.1) is 0 Å². The number of hydrogen-bond donors (Lipinski definition) is 1. The number of rotatable bonds is 8. The van der Waals surface area contributed by atoms with Crippen molar-refractivity contribution in [3.8, 4) is 5.75 Å². The fraction of sp³-hybridized carbons (Fsp3) is 0.481. The highest BCUT2D eigenvalue weighted by molar-refractivity contribution is 6.03. The zero-order valence-corrected chi connectivity index (χ0v) is 19.7. The minimum Gasteiger partial charge on any atom is -0.483 e. The smallest absolute Gasteiger partial charge is 0.262 e. The Balaban J connectivity index is 1.78. The molecule has 2 aromatic carbocycles. The molecule has 0 bridgehead atoms. The van der Waals surface area contributed by atoms with Crippen LogP contribution in [0.4, 0.5) is 5.69 Å². The van der Waals surface area contributed by atoms with Crippen molar-refractivity contribution in [3.05, 3.63) is 58.7 Å². The van der Waals surface area contributed by atoms with E-state index in [1.165, 1.54) is 5.56 Å². The van der Waals surface area contributed by atoms with Crippen molar-refractivity contribution in [1.29, 1.82) is 0 Å². The Bertz CT molecular complexity index is 988. The Kier molecular flexibility index (Phi) is 6.59. The summed E-state index contributed by atoms with van der Waals surface area (Å²) in [6.45, 7) is 13.2. The van der Waals surface area contributed by atoms with Crippen molar-refractivity contribution in [2.75, 3.05) is 11.9 Å². The predicted molar refractivity (Wildman–Crippen MR) is 126 cm³/mol. The topological polar surface area (TPSA) is 55.4 Å². The Morgan fingerprint density at radius 2 is 1.71 bits per heavy atom. The second-order valence-corrected chi connectivity index (χ2v) is 9.78. The van der Waals surface area contributed by atoms with Crippen LogP contribution < -0.4 is 10.1 Å². The summed E-state index contributed by atoms with van der Waals surface area (Å²) in [5.74, 6) is 0.681. The van der Waals surface area contributed by atoms with E-state index in [1.54, 1.807) is 0 Å². The van der Waals surface area contributed by atoms with Gasteiger partial charge in [-0.2, -0.15) is 0 Å². The molecule has 0 heterocycles. The molecule has 1 aliphatic carbocycles. The van der Waals surface area contributed by atoms with E-state index in [2.05, 4.69) is 59.0 Å². The predicted octanol–water partition coefficient (Wildman–Crippen LogP) is 6.21. The third-order valence-electron chi connectivity index (χ3n) is 6.97. The summed E-state index contributed by atoms with van der Waals surface area (Å²) in [7, 11) is 0. The number of nitrogens with one attached hydrogen (secondary N) is 1. The average Bonchev–Trinajstić information content (AvgIpc) is 3.14. The van der Waals surface area contributed by atoms with Gasteiger partial charge in [0.1, 0.15) is 5.75 Å². The average molecular weight is 422 g/mol. The van der Waals surface area contributed by atoms with Crippen LogP contribution in [-0.2, 0) is 22.0 Å². The molecule has 0 fully saturated rings. The first kappa shape index (κ1) is 23.1. The Morgan fingerprint density at radius 1 is 1.00 bits per heavy atom. The summed E-state index contributed by atoms with van der Waals surface area (Å²) < 4.78 is 6.02. The van der Waals surface area contributed by atoms with E-state index < -0.39 is 0 Å². The molecule has 0 saturated heterocycles. The third kappa shape index (κ3) is 4.84. The van der Waals surface area contributed by atoms with Crippen molar-refractivity contribution in [3.63, 3.8) is 0 Å². The van der Waals surface area contributed by atoms with Gasteiger partial charge < -0.3 is 10.1 Å². The molecule has 0 aliphatic heterocycles. The Labute approximate surface area is 186 Å². The summed E-state index contributed by atoms with van der Waals surface area (Å²) in [6, 6.07) is 11.9. The van der Waals surface area contributed by atoms with E-state index in [1.807, 2.05) is 24.3 Å². The van der Waals surface area contributed by atoms with Gasteiger partial charge in [-0.3, -0.25) is 9.59 Å². The van der Waals surface area contributed by atoms with E-state index in [9.17, 15) is 9.59 Å². The molecule has 2 aromatic rings. The summed E-state index contributed by atoms with van der Waals surface area (Å²) in [5.41, 5.74) is 4.80. The Morgan fingerprint density at radius 3 is 2.39 bits per heavy atom. The molecular formula is C27H35NO3. The van der Waals surface area contributed by atoms with Crippen LogP contribution in [0.2, 0.25) is 0 Å². The van der Waals surface area contributed by atoms with Gasteiger partial charge in [-0.15, -0.1) is 0 Å². The van der Waals surface area contributed by atoms with Gasteiger partial charge >= 0.3 is 0 Å². The SMILES string of the molecule is CCC(C)(C)c1ccc(OCC(=O)Nc2cccc3c2CCC3=O)c(C(C)(C)CC)c1. The van der Waals surface area contributed by atoms with E-state index >= 15 is 0 Å². The number of hydrogen-bond acceptors (Lipinski definition) is 3. The van der Waals surface area contributed by atoms with Crippen LogP contribution in [0.5, 0.6) is 5.75 Å². The zero-order chi connectivity index (χ0) is 22.8. The molecule has 31 heavy (non-hydrogen) atoms. The number of ketones is 1. The number of ether oxygens (including phenoxy) is 1. The molecule has 4 heteroatoms. The maximum absolute atomic E-state index is 12.6. The first-order valence-corrected chi connectivity index (χ1v) is 11.3. The van der Waals surface area contributed by atoms with Gasteiger partial charge in [0, 0.05) is 23.2 Å². The lowest BCUT2D eigenvalue weighted by molar-refractivity contribution is -0.118. The molecule has 0 saturated carbocycles. The van der Waals surface area contributed by atoms with Gasteiger partial charge in [0.2, 0.25) is 0 Å². The van der Waals surface area contributed by atoms with Crippen LogP contribution in [0.3, 0.4) is 0 Å². The molecule has 1 N–H and O–H groups in total. The van der Waals surface area contributed by atoms with Gasteiger partial charge in [-0.25, -0.2) is 0 Å². The van der Waals surface area contributed by atoms with Gasteiger partial charge in [-0.1, -0.05) is 65.8 Å². The molecule has 0 aromatic heterocycles. The van der Waals surface area contributed by atoms with Crippen LogP contribution in [-0.4, -0.2) is 18.3 Å². The molecule has 0 spiro atoms. The lowest BCUT2D eigenvalue weighted by atomic mass is 9.76. The highest BCUT2D eigenvalue weighted by Gasteiger charge is 2.27. The summed E-state index contributed by atoms with van der Waals surface area (Å²) in [6.07, 6.45) is 3.20. The molecule has 0 unspecified atom stereocenters. The summed E-state index contributed by atoms with van der Waals surface area (Å²) in [5, 5.41) is 2.93. The maximum atomic E-state index is 12.6. The number of fused-ring (bicyclic) bond motifs is 1. The normalized spacial score (nSPS) is 13.8. The molecule has 3 rings (SSSR count). The highest BCUT2D eigenvalue weighted by Crippen LogP contribution is 2.38. The first-order valence-electron chi connectivity index (χ1n) is 11.3. The standard InChI is InChI=1S/C27H35NO3/c1-7-26(3,4)18-12-15-24(21(16-18)27(5,6)8-2)31-17-25(30)28-22-11-9-10-20-19(22)13-14-23(20)29/h9-12,15-16H,7-8,13-14,17H2,1-6H3,(H,28,30). The molecule has 4 nitrogen and oxygen atoms in total. The fourth-order valence-corrected chi connectivity index (χ4v) is 3.94. The maximum Gasteiger partial charge on any atom is 0.262 e. The lowest BCUT2D eigenvalue weighted by Gasteiger charge is -2.30. The van der Waals surface area contributed by atoms with Crippen LogP contribution in [0.15, 0.2) is 36.4 Å². The van der Waals surface area contributed by atoms with Crippen molar-refractivity contribution >= 4 is 17.4 Å². The van der Waals surface area contributed by atoms with Crippen molar-refractivity contribution in [1.82, 2.24) is 0 Å². The summed E-state index contributed by atoms with van der Waals surface area (Å²) in [4.78, 5) is 24.6. The fourth-order valence-electron chi connectivity index (χ4n) is 3.94. The van der Waals surface area contributed by atoms with E-state index in [4.69, 9.17) is 4.74 Å². The van der Waals surface area contributed by atoms with E-state index in [0.717, 1.165) is 35.3 Å². The quantitative estimate of drug-likeness (QED) is 0.551. The molecular weight excluding hydrogens is 386 g/mol. The van der Waals surface area contributed by atoms with Gasteiger partial charge in [-0.05, 0) is 53.4 Å². The van der Waals surface area contributed by atoms with Crippen molar-refractivity contribution < 1.29 is 14.3 Å². The van der Waals surface area contributed by atoms with Crippen LogP contribution in [0.1, 0.15) is 87.9 Å². The van der Waals surface area contributed by atoms with Gasteiger partial charge in [0.05, 0.1) is 0 Å². The molecule has 0 atom stereocenters. The number of carbonyl (C=O) groups is 2. The molecule has 166 valence electrons. The Hall–Kier alpha value is -2.62. The largest absolute Gasteiger partial charge is 0.483 e. The molecule has 0 radical (unpaired) electrons. The molecule has 1 amide bonds. The highest BCUT2D eigenvalue weighted by atomic mass is 16.5. The monoisotopic (exact) mass is 421 g/mol. The van der Waals surface area contributed by atoms with Gasteiger partial charge in [0.25, 0.3) is 5.91 Å². The number of benzene rings is 2. The van der Waals surface area contributed by atoms with E-state index in [0.29, 0.717) is 18.5 Å². The van der Waals surface area contributed by atoms with Crippen molar-refractivity contribution in [2.24, 2.45) is 0 Å². The minimum absolute atomic E-state index is 0.0632. The van der Waals surface area contributed by atoms with E-state index in [-0.39, 0.29) is 29.1 Å².